The van der Waals surface area contributed by atoms with E-state index >= 15 is 0 Å². The quantitative estimate of drug-likeness (QED) is 0.292. The number of rotatable bonds is 9. The van der Waals surface area contributed by atoms with Crippen LogP contribution in [0.5, 0.6) is 23.1 Å². The lowest BCUT2D eigenvalue weighted by molar-refractivity contribution is -0.0502. The van der Waals surface area contributed by atoms with Gasteiger partial charge in [-0.25, -0.2) is 9.97 Å². The third-order valence-electron chi connectivity index (χ3n) is 5.59. The second kappa shape index (κ2) is 9.09. The maximum Gasteiger partial charge on any atom is 0.387 e. The van der Waals surface area contributed by atoms with Crippen LogP contribution in [0.2, 0.25) is 0 Å². The number of alkyl halides is 2. The highest BCUT2D eigenvalue weighted by Crippen LogP contribution is 2.40. The van der Waals surface area contributed by atoms with Crippen molar-refractivity contribution >= 4 is 11.4 Å². The van der Waals surface area contributed by atoms with Gasteiger partial charge in [-0.05, 0) is 43.0 Å². The SMILES string of the molecule is COc1cc(-c2cnc3cc(Oc4ccccn4)ccn23)cc(OC(F)F)c1C(=O)CC1CC1. The smallest absolute Gasteiger partial charge is 0.387 e. The molecule has 5 rings (SSSR count). The van der Waals surface area contributed by atoms with Gasteiger partial charge in [0.25, 0.3) is 0 Å². The predicted octanol–water partition coefficient (Wildman–Crippen LogP) is 5.78. The molecule has 0 aliphatic heterocycles. The van der Waals surface area contributed by atoms with Crippen molar-refractivity contribution in [2.45, 2.75) is 25.9 Å². The molecule has 4 aromatic rings. The molecule has 0 radical (unpaired) electrons. The molecule has 3 heterocycles. The number of ketones is 1. The third-order valence-corrected chi connectivity index (χ3v) is 5.59. The first-order valence-corrected chi connectivity index (χ1v) is 10.8. The van der Waals surface area contributed by atoms with Gasteiger partial charge >= 0.3 is 6.61 Å². The fourth-order valence-corrected chi connectivity index (χ4v) is 3.82. The first-order chi connectivity index (χ1) is 16.5. The predicted molar refractivity (Wildman–Crippen MR) is 120 cm³/mol. The molecule has 0 atom stereocenters. The highest BCUT2D eigenvalue weighted by molar-refractivity contribution is 6.02. The Balaban J connectivity index is 1.53. The Morgan fingerprint density at radius 2 is 1.97 bits per heavy atom. The van der Waals surface area contributed by atoms with E-state index in [0.29, 0.717) is 28.5 Å². The molecule has 7 nitrogen and oxygen atoms in total. The van der Waals surface area contributed by atoms with Crippen molar-refractivity contribution in [3.05, 3.63) is 66.6 Å². The Labute approximate surface area is 193 Å². The number of nitrogens with zero attached hydrogens (tertiary/aromatic N) is 3. The minimum atomic E-state index is -3.08. The summed E-state index contributed by atoms with van der Waals surface area (Å²) >= 11 is 0. The summed E-state index contributed by atoms with van der Waals surface area (Å²) in [6.07, 6.45) is 7.20. The van der Waals surface area contributed by atoms with Gasteiger partial charge in [0, 0.05) is 36.5 Å². The van der Waals surface area contributed by atoms with Crippen molar-refractivity contribution in [3.63, 3.8) is 0 Å². The largest absolute Gasteiger partial charge is 0.496 e. The van der Waals surface area contributed by atoms with Crippen LogP contribution in [-0.2, 0) is 0 Å². The number of methoxy groups -OCH3 is 1. The number of aromatic nitrogens is 3. The summed E-state index contributed by atoms with van der Waals surface area (Å²) in [5.41, 5.74) is 1.74. The van der Waals surface area contributed by atoms with Gasteiger partial charge in [0.15, 0.2) is 5.78 Å². The van der Waals surface area contributed by atoms with E-state index in [1.165, 1.54) is 13.2 Å². The molecular weight excluding hydrogens is 444 g/mol. The molecule has 1 saturated carbocycles. The van der Waals surface area contributed by atoms with E-state index in [0.717, 1.165) is 12.8 Å². The Bertz CT molecular complexity index is 1340. The number of hydrogen-bond donors (Lipinski definition) is 0. The van der Waals surface area contributed by atoms with Crippen LogP contribution in [0.1, 0.15) is 29.6 Å². The van der Waals surface area contributed by atoms with E-state index in [9.17, 15) is 13.6 Å². The third kappa shape index (κ3) is 4.54. The summed E-state index contributed by atoms with van der Waals surface area (Å²) in [7, 11) is 1.40. The highest BCUT2D eigenvalue weighted by Gasteiger charge is 2.29. The minimum absolute atomic E-state index is 0.0401. The van der Waals surface area contributed by atoms with Crippen LogP contribution >= 0.6 is 0 Å². The second-order valence-electron chi connectivity index (χ2n) is 8.00. The number of carbonyl (C=O) groups is 1. The number of pyridine rings is 2. The van der Waals surface area contributed by atoms with Crippen molar-refractivity contribution in [2.75, 3.05) is 7.11 Å². The van der Waals surface area contributed by atoms with Crippen LogP contribution in [0.15, 0.2) is 61.1 Å². The van der Waals surface area contributed by atoms with E-state index in [2.05, 4.69) is 9.97 Å². The fourth-order valence-electron chi connectivity index (χ4n) is 3.82. The number of fused-ring (bicyclic) bond motifs is 1. The topological polar surface area (TPSA) is 75.0 Å². The Morgan fingerprint density at radius 1 is 1.15 bits per heavy atom. The zero-order chi connectivity index (χ0) is 23.7. The molecule has 34 heavy (non-hydrogen) atoms. The van der Waals surface area contributed by atoms with E-state index < -0.39 is 6.61 Å². The summed E-state index contributed by atoms with van der Waals surface area (Å²) in [5.74, 6) is 0.991. The van der Waals surface area contributed by atoms with E-state index in [-0.39, 0.29) is 35.2 Å². The zero-order valence-electron chi connectivity index (χ0n) is 18.3. The van der Waals surface area contributed by atoms with Crippen molar-refractivity contribution < 1.29 is 27.8 Å². The average molecular weight is 465 g/mol. The molecule has 0 unspecified atom stereocenters. The molecule has 174 valence electrons. The van der Waals surface area contributed by atoms with Gasteiger partial charge in [-0.2, -0.15) is 8.78 Å². The van der Waals surface area contributed by atoms with Gasteiger partial charge in [0.1, 0.15) is 28.5 Å². The van der Waals surface area contributed by atoms with Crippen molar-refractivity contribution in [1.29, 1.82) is 0 Å². The summed E-state index contributed by atoms with van der Waals surface area (Å²) in [5, 5.41) is 0. The van der Waals surface area contributed by atoms with Gasteiger partial charge < -0.3 is 14.2 Å². The van der Waals surface area contributed by atoms with Crippen LogP contribution in [-0.4, -0.2) is 33.9 Å². The maximum absolute atomic E-state index is 13.2. The van der Waals surface area contributed by atoms with Gasteiger partial charge in [-0.3, -0.25) is 9.20 Å². The molecule has 3 aromatic heterocycles. The lowest BCUT2D eigenvalue weighted by Crippen LogP contribution is -2.11. The van der Waals surface area contributed by atoms with E-state index in [1.807, 2.05) is 6.07 Å². The second-order valence-corrected chi connectivity index (χ2v) is 8.00. The molecule has 1 aliphatic rings. The molecule has 9 heteroatoms. The van der Waals surface area contributed by atoms with Crippen molar-refractivity contribution in [3.8, 4) is 34.4 Å². The highest BCUT2D eigenvalue weighted by atomic mass is 19.3. The van der Waals surface area contributed by atoms with Gasteiger partial charge in [-0.1, -0.05) is 6.07 Å². The zero-order valence-corrected chi connectivity index (χ0v) is 18.3. The monoisotopic (exact) mass is 465 g/mol. The summed E-state index contributed by atoms with van der Waals surface area (Å²) < 4.78 is 44.1. The Hall–Kier alpha value is -4.01. The number of carbonyl (C=O) groups excluding carboxylic acids is 1. The van der Waals surface area contributed by atoms with Crippen molar-refractivity contribution in [1.82, 2.24) is 14.4 Å². The standard InChI is InChI=1S/C25H21F2N3O4/c1-32-20-11-16(12-21(34-25(26)27)24(20)19(31)10-15-5-6-15)18-14-29-22-13-17(7-9-30(18)22)33-23-4-2-3-8-28-23/h2-4,7-9,11-15,25H,5-6,10H2,1H3. The average Bonchev–Trinajstić information content (AvgIpc) is 3.54. The molecule has 0 amide bonds. The van der Waals surface area contributed by atoms with Crippen LogP contribution in [0.25, 0.3) is 16.9 Å². The van der Waals surface area contributed by atoms with Crippen LogP contribution in [0, 0.1) is 5.92 Å². The number of hydrogen-bond acceptors (Lipinski definition) is 6. The summed E-state index contributed by atoms with van der Waals surface area (Å²) in [4.78, 5) is 21.4. The molecule has 0 saturated heterocycles. The lowest BCUT2D eigenvalue weighted by Gasteiger charge is -2.16. The van der Waals surface area contributed by atoms with E-state index in [1.54, 1.807) is 53.3 Å². The molecule has 0 spiro atoms. The molecule has 0 N–H and O–H groups in total. The van der Waals surface area contributed by atoms with Crippen LogP contribution < -0.4 is 14.2 Å². The Morgan fingerprint density at radius 3 is 2.68 bits per heavy atom. The van der Waals surface area contributed by atoms with E-state index in [4.69, 9.17) is 14.2 Å². The molecule has 0 bridgehead atoms. The Kier molecular flexibility index (Phi) is 5.83. The number of ether oxygens (including phenoxy) is 3. The normalized spacial score (nSPS) is 13.3. The lowest BCUT2D eigenvalue weighted by atomic mass is 10.00. The number of Topliss-reactive ketones (excluding diaryl/α,β-unsaturated/α-hetero) is 1. The molecular formula is C25H21F2N3O4. The molecule has 1 aromatic carbocycles. The van der Waals surface area contributed by atoms with Crippen LogP contribution in [0.3, 0.4) is 0 Å². The minimum Gasteiger partial charge on any atom is -0.496 e. The number of benzene rings is 1. The maximum atomic E-state index is 13.2. The van der Waals surface area contributed by atoms with Gasteiger partial charge in [0.05, 0.1) is 19.0 Å². The van der Waals surface area contributed by atoms with Gasteiger partial charge in [-0.15, -0.1) is 0 Å². The van der Waals surface area contributed by atoms with Crippen LogP contribution in [0.4, 0.5) is 8.78 Å². The van der Waals surface area contributed by atoms with Gasteiger partial charge in [0.2, 0.25) is 5.88 Å². The summed E-state index contributed by atoms with van der Waals surface area (Å²) in [6.45, 7) is -3.08. The van der Waals surface area contributed by atoms with Crippen molar-refractivity contribution in [2.24, 2.45) is 5.92 Å². The fraction of sp³-hybridized carbons (Fsp3) is 0.240. The number of halogens is 2. The first kappa shape index (κ1) is 21.8. The number of imidazole rings is 1. The molecule has 1 aliphatic carbocycles. The summed E-state index contributed by atoms with van der Waals surface area (Å²) in [6, 6.07) is 11.9. The molecule has 1 fully saturated rings. The first-order valence-electron chi connectivity index (χ1n) is 10.8.